The van der Waals surface area contributed by atoms with Gasteiger partial charge in [0.2, 0.25) is 5.91 Å². The highest BCUT2D eigenvalue weighted by molar-refractivity contribution is 7.99. The number of carbonyl (C=O) groups excluding carboxylic acids is 1. The van der Waals surface area contributed by atoms with Gasteiger partial charge in [-0.25, -0.2) is 4.98 Å². The first kappa shape index (κ1) is 12.4. The predicted octanol–water partition coefficient (Wildman–Crippen LogP) is 1.42. The third kappa shape index (κ3) is 3.71. The summed E-state index contributed by atoms with van der Waals surface area (Å²) in [4.78, 5) is 18.0. The fourth-order valence-electron chi connectivity index (χ4n) is 1.70. The molecule has 5 heteroatoms. The van der Waals surface area contributed by atoms with E-state index in [-0.39, 0.29) is 12.0 Å². The van der Waals surface area contributed by atoms with Crippen LogP contribution in [0.25, 0.3) is 0 Å². The van der Waals surface area contributed by atoms with Crippen LogP contribution in [0.2, 0.25) is 0 Å². The smallest absolute Gasteiger partial charge is 0.233 e. The number of carbonyl (C=O) groups is 1. The fraction of sp³-hybridized carbons (Fsp3) is 0.500. The Balaban J connectivity index is 1.81. The summed E-state index contributed by atoms with van der Waals surface area (Å²) < 4.78 is 5.41. The van der Waals surface area contributed by atoms with Gasteiger partial charge in [-0.1, -0.05) is 17.8 Å². The summed E-state index contributed by atoms with van der Waals surface area (Å²) in [6.07, 6.45) is 1.89. The van der Waals surface area contributed by atoms with E-state index in [1.54, 1.807) is 6.20 Å². The molecular weight excluding hydrogens is 236 g/mol. The maximum absolute atomic E-state index is 11.9. The normalized spacial score (nSPS) is 20.3. The van der Waals surface area contributed by atoms with Gasteiger partial charge in [0.15, 0.2) is 0 Å². The van der Waals surface area contributed by atoms with Crippen LogP contribution in [0.4, 0.5) is 0 Å². The number of nitrogens with zero attached hydrogens (tertiary/aromatic N) is 2. The summed E-state index contributed by atoms with van der Waals surface area (Å²) >= 11 is 1.48. The highest BCUT2D eigenvalue weighted by atomic mass is 32.2. The highest BCUT2D eigenvalue weighted by Crippen LogP contribution is 2.15. The van der Waals surface area contributed by atoms with Gasteiger partial charge in [0.1, 0.15) is 0 Å². The molecule has 1 amide bonds. The summed E-state index contributed by atoms with van der Waals surface area (Å²) in [6, 6.07) is 5.71. The van der Waals surface area contributed by atoms with Crippen molar-refractivity contribution in [3.63, 3.8) is 0 Å². The molecule has 0 spiro atoms. The number of morpholine rings is 1. The second-order valence-electron chi connectivity index (χ2n) is 3.98. The maximum atomic E-state index is 11.9. The van der Waals surface area contributed by atoms with E-state index in [2.05, 4.69) is 4.98 Å². The summed E-state index contributed by atoms with van der Waals surface area (Å²) in [7, 11) is 0. The molecule has 0 aromatic carbocycles. The van der Waals surface area contributed by atoms with E-state index in [0.29, 0.717) is 25.4 Å². The molecule has 2 heterocycles. The molecule has 1 aromatic rings. The molecule has 1 saturated heterocycles. The van der Waals surface area contributed by atoms with Gasteiger partial charge in [0, 0.05) is 19.3 Å². The third-order valence-electron chi connectivity index (χ3n) is 2.58. The first-order valence-electron chi connectivity index (χ1n) is 5.69. The Morgan fingerprint density at radius 1 is 1.65 bits per heavy atom. The van der Waals surface area contributed by atoms with Crippen molar-refractivity contribution < 1.29 is 9.53 Å². The van der Waals surface area contributed by atoms with E-state index >= 15 is 0 Å². The van der Waals surface area contributed by atoms with Crippen LogP contribution < -0.4 is 0 Å². The molecule has 4 nitrogen and oxygen atoms in total. The van der Waals surface area contributed by atoms with Crippen molar-refractivity contribution in [3.8, 4) is 0 Å². The topological polar surface area (TPSA) is 42.4 Å². The largest absolute Gasteiger partial charge is 0.375 e. The Morgan fingerprint density at radius 3 is 3.24 bits per heavy atom. The van der Waals surface area contributed by atoms with Crippen LogP contribution in [-0.4, -0.2) is 47.3 Å². The monoisotopic (exact) mass is 252 g/mol. The molecular formula is C12H16N2O2S. The van der Waals surface area contributed by atoms with Crippen LogP contribution in [-0.2, 0) is 9.53 Å². The average Bonchev–Trinajstić information content (AvgIpc) is 2.37. The van der Waals surface area contributed by atoms with E-state index in [4.69, 9.17) is 4.74 Å². The van der Waals surface area contributed by atoms with E-state index in [1.807, 2.05) is 30.0 Å². The third-order valence-corrected chi connectivity index (χ3v) is 3.50. The Morgan fingerprint density at radius 2 is 2.53 bits per heavy atom. The number of ether oxygens (including phenoxy) is 1. The van der Waals surface area contributed by atoms with Crippen molar-refractivity contribution in [1.82, 2.24) is 9.88 Å². The van der Waals surface area contributed by atoms with Crippen LogP contribution in [0, 0.1) is 0 Å². The minimum atomic E-state index is 0.146. The van der Waals surface area contributed by atoms with E-state index in [0.717, 1.165) is 5.03 Å². The maximum Gasteiger partial charge on any atom is 0.233 e. The van der Waals surface area contributed by atoms with Crippen LogP contribution in [0.5, 0.6) is 0 Å². The standard InChI is InChI=1S/C12H16N2O2S/c1-10-8-14(6-7-16-10)12(15)9-17-11-4-2-3-5-13-11/h2-5,10H,6-9H2,1H3/t10-/m1/s1. The van der Waals surface area contributed by atoms with Crippen LogP contribution in [0.15, 0.2) is 29.4 Å². The van der Waals surface area contributed by atoms with Crippen molar-refractivity contribution >= 4 is 17.7 Å². The van der Waals surface area contributed by atoms with Gasteiger partial charge in [-0.3, -0.25) is 4.79 Å². The molecule has 0 aliphatic carbocycles. The second-order valence-corrected chi connectivity index (χ2v) is 4.97. The Hall–Kier alpha value is -1.07. The second kappa shape index (κ2) is 6.02. The van der Waals surface area contributed by atoms with Crippen molar-refractivity contribution in [2.45, 2.75) is 18.1 Å². The molecule has 92 valence electrons. The molecule has 0 saturated carbocycles. The predicted molar refractivity (Wildman–Crippen MR) is 67.0 cm³/mol. The molecule has 0 bridgehead atoms. The number of hydrogen-bond acceptors (Lipinski definition) is 4. The van der Waals surface area contributed by atoms with E-state index < -0.39 is 0 Å². The number of hydrogen-bond donors (Lipinski definition) is 0. The van der Waals surface area contributed by atoms with Crippen molar-refractivity contribution in [2.75, 3.05) is 25.4 Å². The molecule has 1 aliphatic rings. The Kier molecular flexibility index (Phi) is 4.39. The molecule has 1 aromatic heterocycles. The van der Waals surface area contributed by atoms with Gasteiger partial charge in [-0.15, -0.1) is 0 Å². The van der Waals surface area contributed by atoms with E-state index in [1.165, 1.54) is 11.8 Å². The molecule has 17 heavy (non-hydrogen) atoms. The first-order chi connectivity index (χ1) is 8.25. The fourth-order valence-corrected chi connectivity index (χ4v) is 2.47. The van der Waals surface area contributed by atoms with Crippen molar-refractivity contribution in [1.29, 1.82) is 0 Å². The van der Waals surface area contributed by atoms with Gasteiger partial charge >= 0.3 is 0 Å². The van der Waals surface area contributed by atoms with Crippen molar-refractivity contribution in [2.24, 2.45) is 0 Å². The lowest BCUT2D eigenvalue weighted by Crippen LogP contribution is -2.45. The lowest BCUT2D eigenvalue weighted by molar-refractivity contribution is -0.135. The molecule has 1 aliphatic heterocycles. The number of rotatable bonds is 3. The van der Waals surface area contributed by atoms with Crippen molar-refractivity contribution in [3.05, 3.63) is 24.4 Å². The Bertz CT molecular complexity index is 372. The molecule has 0 radical (unpaired) electrons. The molecule has 0 unspecified atom stereocenters. The molecule has 2 rings (SSSR count). The minimum Gasteiger partial charge on any atom is -0.375 e. The van der Waals surface area contributed by atoms with Gasteiger partial charge in [0.05, 0.1) is 23.5 Å². The van der Waals surface area contributed by atoms with E-state index in [9.17, 15) is 4.79 Å². The number of amides is 1. The van der Waals surface area contributed by atoms with Gasteiger partial charge in [0.25, 0.3) is 0 Å². The van der Waals surface area contributed by atoms with Crippen LogP contribution >= 0.6 is 11.8 Å². The zero-order chi connectivity index (χ0) is 12.1. The van der Waals surface area contributed by atoms with Crippen LogP contribution in [0.1, 0.15) is 6.92 Å². The number of pyridine rings is 1. The van der Waals surface area contributed by atoms with Crippen LogP contribution in [0.3, 0.4) is 0 Å². The first-order valence-corrected chi connectivity index (χ1v) is 6.67. The summed E-state index contributed by atoms with van der Waals surface area (Å²) in [5.41, 5.74) is 0. The summed E-state index contributed by atoms with van der Waals surface area (Å²) in [5, 5.41) is 0.891. The Labute approximate surface area is 105 Å². The summed E-state index contributed by atoms with van der Waals surface area (Å²) in [6.45, 7) is 4.03. The zero-order valence-electron chi connectivity index (χ0n) is 9.83. The zero-order valence-corrected chi connectivity index (χ0v) is 10.7. The molecule has 1 atom stereocenters. The number of aromatic nitrogens is 1. The van der Waals surface area contributed by atoms with Gasteiger partial charge < -0.3 is 9.64 Å². The minimum absolute atomic E-state index is 0.146. The number of thioether (sulfide) groups is 1. The molecule has 0 N–H and O–H groups in total. The van der Waals surface area contributed by atoms with Gasteiger partial charge in [-0.2, -0.15) is 0 Å². The lowest BCUT2D eigenvalue weighted by atomic mass is 10.3. The SMILES string of the molecule is C[C@@H]1CN(C(=O)CSc2ccccn2)CCO1. The lowest BCUT2D eigenvalue weighted by Gasteiger charge is -2.31. The average molecular weight is 252 g/mol. The molecule has 1 fully saturated rings. The quantitative estimate of drug-likeness (QED) is 0.763. The summed E-state index contributed by atoms with van der Waals surface area (Å²) in [5.74, 6) is 0.611. The van der Waals surface area contributed by atoms with Gasteiger partial charge in [-0.05, 0) is 19.1 Å². The highest BCUT2D eigenvalue weighted by Gasteiger charge is 2.21.